The maximum Gasteiger partial charge on any atom is 0.472 e. The molecule has 0 spiro atoms. The Balaban J connectivity index is 5.10. The van der Waals surface area contributed by atoms with Crippen LogP contribution in [0.15, 0.2) is 0 Å². The molecule has 0 aliphatic rings. The second-order valence-electron chi connectivity index (χ2n) is 29.9. The van der Waals surface area contributed by atoms with Crippen molar-refractivity contribution in [3.8, 4) is 0 Å². The fourth-order valence-corrected chi connectivity index (χ4v) is 14.1. The molecule has 19 heteroatoms. The SMILES string of the molecule is CCCCCCCCCCCCCCCCCCCCCCCCC(=O)O[C@H](COC(=O)CCCCCCCCCCCCCCCCCCCCC(C)C)COP(=O)(O)OC[C@@H](O)COP(=O)(O)OC[C@@H](COC(=O)CCCCCCC)OC(=O)CCCCCCCCCCC(C)CC. The summed E-state index contributed by atoms with van der Waals surface area (Å²) in [7, 11) is -9.91. The molecular formula is C81H158O17P2. The lowest BCUT2D eigenvalue weighted by atomic mass is 9.99. The van der Waals surface area contributed by atoms with Gasteiger partial charge in [0.2, 0.25) is 0 Å². The van der Waals surface area contributed by atoms with Crippen LogP contribution in [0.25, 0.3) is 0 Å². The van der Waals surface area contributed by atoms with E-state index in [-0.39, 0.29) is 25.7 Å². The zero-order chi connectivity index (χ0) is 73.5. The Hall–Kier alpha value is -1.94. The molecule has 0 saturated heterocycles. The lowest BCUT2D eigenvalue weighted by Crippen LogP contribution is -2.30. The first kappa shape index (κ1) is 98.1. The van der Waals surface area contributed by atoms with E-state index >= 15 is 0 Å². The lowest BCUT2D eigenvalue weighted by Gasteiger charge is -2.21. The number of rotatable bonds is 80. The summed E-state index contributed by atoms with van der Waals surface area (Å²) in [6, 6.07) is 0. The number of phosphoric acid groups is 2. The second-order valence-corrected chi connectivity index (χ2v) is 32.8. The van der Waals surface area contributed by atoms with Gasteiger partial charge in [-0.2, -0.15) is 0 Å². The molecule has 3 unspecified atom stereocenters. The number of carbonyl (C=O) groups excluding carboxylic acids is 4. The van der Waals surface area contributed by atoms with E-state index in [0.29, 0.717) is 25.7 Å². The van der Waals surface area contributed by atoms with E-state index < -0.39 is 97.5 Å². The Kier molecular flexibility index (Phi) is 71.2. The number of aliphatic hydroxyl groups is 1. The molecule has 0 aromatic rings. The van der Waals surface area contributed by atoms with E-state index in [4.69, 9.17) is 37.0 Å². The highest BCUT2D eigenvalue weighted by atomic mass is 31.2. The van der Waals surface area contributed by atoms with Crippen molar-refractivity contribution >= 4 is 39.5 Å². The van der Waals surface area contributed by atoms with E-state index in [1.165, 1.54) is 238 Å². The number of hydrogen-bond acceptors (Lipinski definition) is 15. The smallest absolute Gasteiger partial charge is 0.462 e. The average molecular weight is 1470 g/mol. The number of unbranched alkanes of at least 4 members (excludes halogenated alkanes) is 49. The van der Waals surface area contributed by atoms with Crippen molar-refractivity contribution < 1.29 is 80.2 Å². The molecule has 0 heterocycles. The maximum absolute atomic E-state index is 13.1. The number of aliphatic hydroxyl groups excluding tert-OH is 1. The van der Waals surface area contributed by atoms with Crippen LogP contribution >= 0.6 is 15.6 Å². The maximum atomic E-state index is 13.1. The van der Waals surface area contributed by atoms with Gasteiger partial charge in [0.25, 0.3) is 0 Å². The summed E-state index contributed by atoms with van der Waals surface area (Å²) in [5.41, 5.74) is 0. The van der Waals surface area contributed by atoms with Gasteiger partial charge in [-0.25, -0.2) is 9.13 Å². The molecule has 0 saturated carbocycles. The quantitative estimate of drug-likeness (QED) is 0.0222. The first-order valence-electron chi connectivity index (χ1n) is 42.0. The topological polar surface area (TPSA) is 237 Å². The van der Waals surface area contributed by atoms with Gasteiger partial charge < -0.3 is 33.8 Å². The number of hydrogen-bond donors (Lipinski definition) is 3. The molecule has 0 bridgehead atoms. The molecule has 594 valence electrons. The van der Waals surface area contributed by atoms with Gasteiger partial charge in [-0.15, -0.1) is 0 Å². The number of carbonyl (C=O) groups is 4. The Bertz CT molecular complexity index is 1930. The predicted octanol–water partition coefficient (Wildman–Crippen LogP) is 24.3. The largest absolute Gasteiger partial charge is 0.472 e. The van der Waals surface area contributed by atoms with E-state index in [2.05, 4.69) is 41.5 Å². The van der Waals surface area contributed by atoms with Crippen molar-refractivity contribution in [3.63, 3.8) is 0 Å². The first-order valence-corrected chi connectivity index (χ1v) is 45.0. The lowest BCUT2D eigenvalue weighted by molar-refractivity contribution is -0.161. The molecule has 0 aliphatic carbocycles. The Morgan fingerprint density at radius 3 is 0.760 bits per heavy atom. The van der Waals surface area contributed by atoms with Gasteiger partial charge in [0.15, 0.2) is 12.2 Å². The van der Waals surface area contributed by atoms with Crippen molar-refractivity contribution in [2.45, 2.75) is 445 Å². The van der Waals surface area contributed by atoms with Crippen LogP contribution in [0.4, 0.5) is 0 Å². The number of ether oxygens (including phenoxy) is 4. The van der Waals surface area contributed by atoms with Crippen LogP contribution in [0.5, 0.6) is 0 Å². The fourth-order valence-electron chi connectivity index (χ4n) is 12.5. The summed E-state index contributed by atoms with van der Waals surface area (Å²) in [6.45, 7) is 9.56. The van der Waals surface area contributed by atoms with Crippen LogP contribution in [0.1, 0.15) is 427 Å². The molecule has 0 fully saturated rings. The summed E-state index contributed by atoms with van der Waals surface area (Å²) in [5, 5.41) is 10.6. The molecule has 0 amide bonds. The molecule has 6 atom stereocenters. The van der Waals surface area contributed by atoms with Gasteiger partial charge in [-0.3, -0.25) is 37.3 Å². The van der Waals surface area contributed by atoms with Crippen molar-refractivity contribution in [1.29, 1.82) is 0 Å². The van der Waals surface area contributed by atoms with Crippen molar-refractivity contribution in [1.82, 2.24) is 0 Å². The third kappa shape index (κ3) is 73.0. The van der Waals surface area contributed by atoms with Crippen LogP contribution in [0, 0.1) is 11.8 Å². The van der Waals surface area contributed by atoms with E-state index in [0.717, 1.165) is 108 Å². The Labute approximate surface area is 613 Å². The van der Waals surface area contributed by atoms with Crippen LogP contribution < -0.4 is 0 Å². The second kappa shape index (κ2) is 72.6. The summed E-state index contributed by atoms with van der Waals surface area (Å²) in [4.78, 5) is 72.7. The normalized spacial score (nSPS) is 14.2. The number of esters is 4. The molecule has 0 aliphatic heterocycles. The van der Waals surface area contributed by atoms with Gasteiger partial charge in [0, 0.05) is 25.7 Å². The van der Waals surface area contributed by atoms with Gasteiger partial charge in [-0.1, -0.05) is 375 Å². The molecule has 17 nitrogen and oxygen atoms in total. The van der Waals surface area contributed by atoms with Crippen molar-refractivity contribution in [2.75, 3.05) is 39.6 Å². The van der Waals surface area contributed by atoms with Gasteiger partial charge in [-0.05, 0) is 37.5 Å². The highest BCUT2D eigenvalue weighted by Gasteiger charge is 2.30. The Morgan fingerprint density at radius 1 is 0.290 bits per heavy atom. The van der Waals surface area contributed by atoms with Crippen molar-refractivity contribution in [2.24, 2.45) is 11.8 Å². The van der Waals surface area contributed by atoms with Gasteiger partial charge >= 0.3 is 39.5 Å². The summed E-state index contributed by atoms with van der Waals surface area (Å²) >= 11 is 0. The Morgan fingerprint density at radius 2 is 0.510 bits per heavy atom. The standard InChI is InChI=1S/C81H158O17P2/c1-7-10-12-14-15-16-17-18-19-20-21-22-23-24-29-32-35-38-41-47-53-59-65-80(85)98-77(70-92-79(84)64-58-52-46-40-37-34-31-28-26-25-27-30-33-36-39-44-50-55-61-73(4)5)72-96-100(89,90)94-68-75(82)67-93-99(87,88)95-71-76(69-91-78(83)63-57-49-13-11-8-2)97-81(86)66-60-54-48-43-42-45-51-56-62-74(6)9-3/h73-77,82H,7-72H2,1-6H3,(H,87,88)(H,89,90)/t74?,75-,76+,77+/m0/s1. The molecule has 0 rings (SSSR count). The van der Waals surface area contributed by atoms with Crippen LogP contribution in [0.2, 0.25) is 0 Å². The third-order valence-corrected chi connectivity index (χ3v) is 21.2. The minimum Gasteiger partial charge on any atom is -0.462 e. The summed E-state index contributed by atoms with van der Waals surface area (Å²) < 4.78 is 68.4. The van der Waals surface area contributed by atoms with E-state index in [1.54, 1.807) is 0 Å². The highest BCUT2D eigenvalue weighted by molar-refractivity contribution is 7.47. The zero-order valence-corrected chi connectivity index (χ0v) is 67.3. The van der Waals surface area contributed by atoms with Crippen LogP contribution in [-0.2, 0) is 65.4 Å². The minimum atomic E-state index is -4.96. The summed E-state index contributed by atoms with van der Waals surface area (Å²) in [5.74, 6) is -0.531. The monoisotopic (exact) mass is 1470 g/mol. The molecule has 3 N–H and O–H groups in total. The fraction of sp³-hybridized carbons (Fsp3) is 0.951. The van der Waals surface area contributed by atoms with Crippen molar-refractivity contribution in [3.05, 3.63) is 0 Å². The van der Waals surface area contributed by atoms with Crippen LogP contribution in [0.3, 0.4) is 0 Å². The van der Waals surface area contributed by atoms with Gasteiger partial charge in [0.1, 0.15) is 19.3 Å². The molecule has 0 radical (unpaired) electrons. The minimum absolute atomic E-state index is 0.104. The van der Waals surface area contributed by atoms with E-state index in [9.17, 15) is 43.2 Å². The third-order valence-electron chi connectivity index (χ3n) is 19.3. The van der Waals surface area contributed by atoms with Crippen LogP contribution in [-0.4, -0.2) is 96.7 Å². The highest BCUT2D eigenvalue weighted by Crippen LogP contribution is 2.45. The molecule has 0 aromatic heterocycles. The van der Waals surface area contributed by atoms with Gasteiger partial charge in [0.05, 0.1) is 26.4 Å². The van der Waals surface area contributed by atoms with E-state index in [1.807, 2.05) is 0 Å². The summed E-state index contributed by atoms with van der Waals surface area (Å²) in [6.07, 6.45) is 63.1. The zero-order valence-electron chi connectivity index (χ0n) is 65.5. The number of phosphoric ester groups is 2. The molecular weight excluding hydrogens is 1310 g/mol. The first-order chi connectivity index (χ1) is 48.4. The molecule has 100 heavy (non-hydrogen) atoms. The predicted molar refractivity (Wildman–Crippen MR) is 409 cm³/mol. The molecule has 0 aromatic carbocycles. The average Bonchev–Trinajstić information content (AvgIpc) is 1.01.